The average molecular weight is 354 g/mol. The molecule has 0 radical (unpaired) electrons. The minimum atomic E-state index is -0.210. The van der Waals surface area contributed by atoms with Gasteiger partial charge in [-0.1, -0.05) is 0 Å². The Morgan fingerprint density at radius 2 is 2.00 bits per heavy atom. The molecular weight excluding hydrogens is 336 g/mol. The SMILES string of the molecule is COc1ccc(C=CC(=O)Nc2ccc3nc(C)sc3c2)c(OC)c1. The third-order valence-electron chi connectivity index (χ3n) is 3.62. The number of thiazole rings is 1. The van der Waals surface area contributed by atoms with Crippen LogP contribution in [0.15, 0.2) is 42.5 Å². The minimum Gasteiger partial charge on any atom is -0.497 e. The first-order valence-corrected chi connectivity index (χ1v) is 8.49. The van der Waals surface area contributed by atoms with Gasteiger partial charge in [0.25, 0.3) is 0 Å². The summed E-state index contributed by atoms with van der Waals surface area (Å²) in [5.74, 6) is 1.13. The molecule has 0 aliphatic heterocycles. The van der Waals surface area contributed by atoms with E-state index in [-0.39, 0.29) is 5.91 Å². The lowest BCUT2D eigenvalue weighted by Gasteiger charge is -2.07. The molecule has 0 bridgehead atoms. The van der Waals surface area contributed by atoms with Gasteiger partial charge in [0.15, 0.2) is 0 Å². The number of aromatic nitrogens is 1. The van der Waals surface area contributed by atoms with Crippen LogP contribution >= 0.6 is 11.3 Å². The van der Waals surface area contributed by atoms with Crippen LogP contribution in [0.2, 0.25) is 0 Å². The number of anilines is 1. The molecule has 1 amide bonds. The highest BCUT2D eigenvalue weighted by molar-refractivity contribution is 7.18. The number of nitrogens with zero attached hydrogens (tertiary/aromatic N) is 1. The minimum absolute atomic E-state index is 0.210. The lowest BCUT2D eigenvalue weighted by molar-refractivity contribution is -0.111. The maximum absolute atomic E-state index is 12.2. The fourth-order valence-corrected chi connectivity index (χ4v) is 3.29. The van der Waals surface area contributed by atoms with E-state index in [1.807, 2.05) is 37.3 Å². The molecule has 0 saturated heterocycles. The Balaban J connectivity index is 1.73. The lowest BCUT2D eigenvalue weighted by atomic mass is 10.1. The number of ether oxygens (including phenoxy) is 2. The Hall–Kier alpha value is -2.86. The van der Waals surface area contributed by atoms with Gasteiger partial charge < -0.3 is 14.8 Å². The molecule has 0 spiro atoms. The van der Waals surface area contributed by atoms with Crippen molar-refractivity contribution in [1.82, 2.24) is 4.98 Å². The van der Waals surface area contributed by atoms with E-state index in [0.29, 0.717) is 11.5 Å². The van der Waals surface area contributed by atoms with Gasteiger partial charge in [-0.2, -0.15) is 0 Å². The second-order valence-electron chi connectivity index (χ2n) is 5.35. The Morgan fingerprint density at radius 3 is 2.76 bits per heavy atom. The molecule has 0 aliphatic carbocycles. The van der Waals surface area contributed by atoms with Crippen LogP contribution in [-0.4, -0.2) is 25.1 Å². The number of aryl methyl sites for hydroxylation is 1. The molecule has 0 saturated carbocycles. The molecule has 0 fully saturated rings. The number of hydrogen-bond acceptors (Lipinski definition) is 5. The van der Waals surface area contributed by atoms with Gasteiger partial charge in [-0.3, -0.25) is 4.79 Å². The van der Waals surface area contributed by atoms with Crippen molar-refractivity contribution in [2.45, 2.75) is 6.92 Å². The second-order valence-corrected chi connectivity index (χ2v) is 6.58. The summed E-state index contributed by atoms with van der Waals surface area (Å²) in [6, 6.07) is 11.1. The molecular formula is C19H18N2O3S. The van der Waals surface area contributed by atoms with E-state index in [9.17, 15) is 4.79 Å². The highest BCUT2D eigenvalue weighted by Crippen LogP contribution is 2.26. The number of rotatable bonds is 5. The van der Waals surface area contributed by atoms with Crippen LogP contribution in [0.5, 0.6) is 11.5 Å². The predicted octanol–water partition coefficient (Wildman–Crippen LogP) is 4.27. The van der Waals surface area contributed by atoms with Crippen LogP contribution in [0, 0.1) is 6.92 Å². The molecule has 0 unspecified atom stereocenters. The summed E-state index contributed by atoms with van der Waals surface area (Å²) in [4.78, 5) is 16.6. The summed E-state index contributed by atoms with van der Waals surface area (Å²) in [6.45, 7) is 1.97. The molecule has 1 heterocycles. The molecule has 6 heteroatoms. The first kappa shape index (κ1) is 17.0. The van der Waals surface area contributed by atoms with E-state index < -0.39 is 0 Å². The van der Waals surface area contributed by atoms with Gasteiger partial charge in [0.2, 0.25) is 5.91 Å². The fourth-order valence-electron chi connectivity index (χ4n) is 2.42. The Labute approximate surface area is 149 Å². The van der Waals surface area contributed by atoms with Gasteiger partial charge in [-0.15, -0.1) is 11.3 Å². The smallest absolute Gasteiger partial charge is 0.248 e. The zero-order valence-corrected chi connectivity index (χ0v) is 15.0. The number of carbonyl (C=O) groups excluding carboxylic acids is 1. The Morgan fingerprint density at radius 1 is 1.16 bits per heavy atom. The normalized spacial score (nSPS) is 11.0. The maximum Gasteiger partial charge on any atom is 0.248 e. The van der Waals surface area contributed by atoms with Gasteiger partial charge in [-0.05, 0) is 43.3 Å². The summed E-state index contributed by atoms with van der Waals surface area (Å²) in [7, 11) is 3.18. The first-order chi connectivity index (χ1) is 12.1. The van der Waals surface area contributed by atoms with Crippen molar-refractivity contribution < 1.29 is 14.3 Å². The number of fused-ring (bicyclic) bond motifs is 1. The molecule has 0 atom stereocenters. The number of nitrogens with one attached hydrogen (secondary N) is 1. The quantitative estimate of drug-likeness (QED) is 0.695. The van der Waals surface area contributed by atoms with Crippen LogP contribution in [0.4, 0.5) is 5.69 Å². The first-order valence-electron chi connectivity index (χ1n) is 7.67. The van der Waals surface area contributed by atoms with Crippen molar-refractivity contribution in [1.29, 1.82) is 0 Å². The van der Waals surface area contributed by atoms with Crippen LogP contribution in [0.1, 0.15) is 10.6 Å². The number of hydrogen-bond donors (Lipinski definition) is 1. The largest absolute Gasteiger partial charge is 0.497 e. The molecule has 1 aromatic heterocycles. The van der Waals surface area contributed by atoms with E-state index in [1.54, 1.807) is 37.7 Å². The zero-order valence-electron chi connectivity index (χ0n) is 14.2. The van der Waals surface area contributed by atoms with Crippen LogP contribution in [0.3, 0.4) is 0 Å². The fraction of sp³-hybridized carbons (Fsp3) is 0.158. The second kappa shape index (κ2) is 7.36. The van der Waals surface area contributed by atoms with E-state index in [4.69, 9.17) is 9.47 Å². The molecule has 3 aromatic rings. The van der Waals surface area contributed by atoms with Gasteiger partial charge >= 0.3 is 0 Å². The number of methoxy groups -OCH3 is 2. The Kier molecular flexibility index (Phi) is 5.00. The van der Waals surface area contributed by atoms with E-state index in [1.165, 1.54) is 6.08 Å². The van der Waals surface area contributed by atoms with Crippen LogP contribution in [0.25, 0.3) is 16.3 Å². The molecule has 2 aromatic carbocycles. The van der Waals surface area contributed by atoms with Gasteiger partial charge in [0.05, 0.1) is 29.4 Å². The summed E-state index contributed by atoms with van der Waals surface area (Å²) in [6.07, 6.45) is 3.19. The summed E-state index contributed by atoms with van der Waals surface area (Å²) in [5, 5.41) is 3.87. The molecule has 0 aliphatic rings. The standard InChI is InChI=1S/C19H18N2O3S/c1-12-20-16-8-6-14(10-18(16)25-12)21-19(22)9-5-13-4-7-15(23-2)11-17(13)24-3/h4-11H,1-3H3,(H,21,22). The highest BCUT2D eigenvalue weighted by Gasteiger charge is 2.05. The topological polar surface area (TPSA) is 60.5 Å². The van der Waals surface area contributed by atoms with Crippen molar-refractivity contribution in [3.63, 3.8) is 0 Å². The Bertz CT molecular complexity index is 947. The molecule has 25 heavy (non-hydrogen) atoms. The molecule has 128 valence electrons. The number of carbonyl (C=O) groups is 1. The monoisotopic (exact) mass is 354 g/mol. The number of amides is 1. The summed E-state index contributed by atoms with van der Waals surface area (Å²) < 4.78 is 11.5. The lowest BCUT2D eigenvalue weighted by Crippen LogP contribution is -2.07. The summed E-state index contributed by atoms with van der Waals surface area (Å²) in [5.41, 5.74) is 2.48. The van der Waals surface area contributed by atoms with Crippen molar-refractivity contribution in [3.05, 3.63) is 53.0 Å². The number of benzene rings is 2. The zero-order chi connectivity index (χ0) is 17.8. The highest BCUT2D eigenvalue weighted by atomic mass is 32.1. The maximum atomic E-state index is 12.2. The van der Waals surface area contributed by atoms with Crippen molar-refractivity contribution in [2.75, 3.05) is 19.5 Å². The van der Waals surface area contributed by atoms with E-state index in [0.717, 1.165) is 26.5 Å². The van der Waals surface area contributed by atoms with E-state index in [2.05, 4.69) is 10.3 Å². The van der Waals surface area contributed by atoms with Gasteiger partial charge in [-0.25, -0.2) is 4.98 Å². The van der Waals surface area contributed by atoms with Crippen LogP contribution < -0.4 is 14.8 Å². The van der Waals surface area contributed by atoms with Gasteiger partial charge in [0.1, 0.15) is 11.5 Å². The van der Waals surface area contributed by atoms with Crippen molar-refractivity contribution in [2.24, 2.45) is 0 Å². The predicted molar refractivity (Wildman–Crippen MR) is 102 cm³/mol. The van der Waals surface area contributed by atoms with E-state index >= 15 is 0 Å². The molecule has 3 rings (SSSR count). The van der Waals surface area contributed by atoms with Crippen molar-refractivity contribution >= 4 is 39.2 Å². The summed E-state index contributed by atoms with van der Waals surface area (Å²) >= 11 is 1.60. The van der Waals surface area contributed by atoms with Gasteiger partial charge in [0, 0.05) is 23.4 Å². The van der Waals surface area contributed by atoms with Crippen molar-refractivity contribution in [3.8, 4) is 11.5 Å². The van der Waals surface area contributed by atoms with Crippen LogP contribution in [-0.2, 0) is 4.79 Å². The molecule has 5 nitrogen and oxygen atoms in total. The third kappa shape index (κ3) is 3.97. The molecule has 1 N–H and O–H groups in total. The third-order valence-corrected chi connectivity index (χ3v) is 4.55. The average Bonchev–Trinajstić information content (AvgIpc) is 2.99.